The molecule has 1 heterocycles. The normalized spacial score (nSPS) is 9.71. The fraction of sp³-hybridized carbons (Fsp3) is 0.500. The van der Waals surface area contributed by atoms with Gasteiger partial charge in [0.1, 0.15) is 0 Å². The molecule has 0 atom stereocenters. The Morgan fingerprint density at radius 3 is 2.57 bits per heavy atom. The van der Waals surface area contributed by atoms with Crippen molar-refractivity contribution in [3.8, 4) is 11.8 Å². The van der Waals surface area contributed by atoms with Gasteiger partial charge < -0.3 is 0 Å². The minimum Gasteiger partial charge on any atom is -0.258 e. The topological polar surface area (TPSA) is 25.8 Å². The first-order chi connectivity index (χ1) is 6.74. The molecule has 74 valence electrons. The summed E-state index contributed by atoms with van der Waals surface area (Å²) in [6.45, 7) is 6.09. The SMILES string of the molecule is CC#CCCc1cnc(C(C)C)cn1. The molecule has 0 spiro atoms. The highest BCUT2D eigenvalue weighted by molar-refractivity contribution is 5.07. The summed E-state index contributed by atoms with van der Waals surface area (Å²) in [6, 6.07) is 0. The molecule has 0 bridgehead atoms. The zero-order chi connectivity index (χ0) is 10.4. The maximum atomic E-state index is 4.35. The van der Waals surface area contributed by atoms with Crippen LogP contribution in [0.2, 0.25) is 0 Å². The summed E-state index contributed by atoms with van der Waals surface area (Å²) in [5, 5.41) is 0. The van der Waals surface area contributed by atoms with Crippen LogP contribution in [-0.4, -0.2) is 9.97 Å². The first-order valence-electron chi connectivity index (χ1n) is 4.94. The quantitative estimate of drug-likeness (QED) is 0.681. The van der Waals surface area contributed by atoms with Gasteiger partial charge >= 0.3 is 0 Å². The van der Waals surface area contributed by atoms with Crippen LogP contribution in [0.25, 0.3) is 0 Å². The van der Waals surface area contributed by atoms with Crippen LogP contribution >= 0.6 is 0 Å². The maximum absolute atomic E-state index is 4.35. The lowest BCUT2D eigenvalue weighted by Gasteiger charge is -2.03. The molecule has 0 aromatic carbocycles. The van der Waals surface area contributed by atoms with Crippen molar-refractivity contribution >= 4 is 0 Å². The van der Waals surface area contributed by atoms with Crippen molar-refractivity contribution in [1.82, 2.24) is 9.97 Å². The molecule has 1 rings (SSSR count). The van der Waals surface area contributed by atoms with Gasteiger partial charge in [0.15, 0.2) is 0 Å². The van der Waals surface area contributed by atoms with E-state index in [0.29, 0.717) is 5.92 Å². The molecule has 0 fully saturated rings. The van der Waals surface area contributed by atoms with Crippen molar-refractivity contribution in [3.63, 3.8) is 0 Å². The minimum absolute atomic E-state index is 0.451. The zero-order valence-electron chi connectivity index (χ0n) is 9.04. The average molecular weight is 188 g/mol. The van der Waals surface area contributed by atoms with E-state index < -0.39 is 0 Å². The third kappa shape index (κ3) is 3.18. The van der Waals surface area contributed by atoms with Gasteiger partial charge in [-0.05, 0) is 12.8 Å². The van der Waals surface area contributed by atoms with Crippen molar-refractivity contribution in [2.75, 3.05) is 0 Å². The van der Waals surface area contributed by atoms with Crippen LogP contribution in [0.4, 0.5) is 0 Å². The van der Waals surface area contributed by atoms with Gasteiger partial charge in [0.25, 0.3) is 0 Å². The van der Waals surface area contributed by atoms with E-state index >= 15 is 0 Å². The summed E-state index contributed by atoms with van der Waals surface area (Å²) in [4.78, 5) is 8.69. The Bertz CT molecular complexity index is 328. The Morgan fingerprint density at radius 1 is 1.29 bits per heavy atom. The molecule has 0 saturated heterocycles. The number of hydrogen-bond donors (Lipinski definition) is 0. The molecular formula is C12H16N2. The van der Waals surface area contributed by atoms with Crippen molar-refractivity contribution in [2.24, 2.45) is 0 Å². The Morgan fingerprint density at radius 2 is 2.07 bits per heavy atom. The molecule has 2 heteroatoms. The Hall–Kier alpha value is -1.36. The fourth-order valence-electron chi connectivity index (χ4n) is 1.11. The number of hydrogen-bond acceptors (Lipinski definition) is 2. The van der Waals surface area contributed by atoms with E-state index in [9.17, 15) is 0 Å². The Labute approximate surface area is 85.8 Å². The summed E-state index contributed by atoms with van der Waals surface area (Å²) in [5.74, 6) is 6.34. The standard InChI is InChI=1S/C12H16N2/c1-4-5-6-7-11-8-14-12(9-13-11)10(2)3/h8-10H,6-7H2,1-3H3. The van der Waals surface area contributed by atoms with Crippen molar-refractivity contribution in [1.29, 1.82) is 0 Å². The number of aryl methyl sites for hydroxylation is 1. The average Bonchev–Trinajstić information content (AvgIpc) is 2.19. The first kappa shape index (κ1) is 10.7. The van der Waals surface area contributed by atoms with Gasteiger partial charge in [-0.15, -0.1) is 11.8 Å². The maximum Gasteiger partial charge on any atom is 0.0612 e. The summed E-state index contributed by atoms with van der Waals surface area (Å²) in [6.07, 6.45) is 5.48. The summed E-state index contributed by atoms with van der Waals surface area (Å²) >= 11 is 0. The van der Waals surface area contributed by atoms with Gasteiger partial charge in [0.2, 0.25) is 0 Å². The molecule has 1 aromatic rings. The van der Waals surface area contributed by atoms with Crippen LogP contribution in [0.1, 0.15) is 44.5 Å². The van der Waals surface area contributed by atoms with Crippen LogP contribution in [0.3, 0.4) is 0 Å². The van der Waals surface area contributed by atoms with Gasteiger partial charge in [-0.3, -0.25) is 9.97 Å². The number of rotatable bonds is 3. The first-order valence-corrected chi connectivity index (χ1v) is 4.94. The second-order valence-electron chi connectivity index (χ2n) is 3.51. The van der Waals surface area contributed by atoms with E-state index in [1.165, 1.54) is 0 Å². The lowest BCUT2D eigenvalue weighted by molar-refractivity contribution is 0.797. The fourth-order valence-corrected chi connectivity index (χ4v) is 1.11. The highest BCUT2D eigenvalue weighted by Gasteiger charge is 2.00. The second kappa shape index (κ2) is 5.39. The molecular weight excluding hydrogens is 172 g/mol. The van der Waals surface area contributed by atoms with Gasteiger partial charge in [-0.1, -0.05) is 13.8 Å². The van der Waals surface area contributed by atoms with Crippen molar-refractivity contribution in [3.05, 3.63) is 23.8 Å². The second-order valence-corrected chi connectivity index (χ2v) is 3.51. The largest absolute Gasteiger partial charge is 0.258 e. The third-order valence-electron chi connectivity index (χ3n) is 2.00. The molecule has 0 aliphatic rings. The van der Waals surface area contributed by atoms with Crippen LogP contribution in [0.15, 0.2) is 12.4 Å². The molecule has 0 unspecified atom stereocenters. The van der Waals surface area contributed by atoms with Gasteiger partial charge in [0.05, 0.1) is 11.4 Å². The monoisotopic (exact) mass is 188 g/mol. The smallest absolute Gasteiger partial charge is 0.0612 e. The molecule has 0 radical (unpaired) electrons. The summed E-state index contributed by atoms with van der Waals surface area (Å²) in [5.41, 5.74) is 2.08. The predicted molar refractivity (Wildman–Crippen MR) is 57.9 cm³/mol. The number of nitrogens with zero attached hydrogens (tertiary/aromatic N) is 2. The zero-order valence-corrected chi connectivity index (χ0v) is 9.04. The molecule has 2 nitrogen and oxygen atoms in total. The van der Waals surface area contributed by atoms with Gasteiger partial charge in [-0.25, -0.2) is 0 Å². The highest BCUT2D eigenvalue weighted by atomic mass is 14.8. The minimum atomic E-state index is 0.451. The van der Waals surface area contributed by atoms with E-state index in [1.807, 2.05) is 19.3 Å². The molecule has 0 saturated carbocycles. The Balaban J connectivity index is 2.58. The molecule has 0 aliphatic carbocycles. The highest BCUT2D eigenvalue weighted by Crippen LogP contribution is 2.09. The van der Waals surface area contributed by atoms with Crippen LogP contribution in [0, 0.1) is 11.8 Å². The number of aromatic nitrogens is 2. The molecule has 0 amide bonds. The van der Waals surface area contributed by atoms with Crippen LogP contribution in [0.5, 0.6) is 0 Å². The molecule has 14 heavy (non-hydrogen) atoms. The van der Waals surface area contributed by atoms with Gasteiger partial charge in [0, 0.05) is 25.2 Å². The van der Waals surface area contributed by atoms with Crippen molar-refractivity contribution < 1.29 is 0 Å². The Kier molecular flexibility index (Phi) is 4.12. The lowest BCUT2D eigenvalue weighted by Crippen LogP contribution is -1.97. The van der Waals surface area contributed by atoms with E-state index in [2.05, 4.69) is 35.7 Å². The molecule has 0 N–H and O–H groups in total. The van der Waals surface area contributed by atoms with Crippen LogP contribution in [-0.2, 0) is 6.42 Å². The van der Waals surface area contributed by atoms with E-state index in [-0.39, 0.29) is 0 Å². The predicted octanol–water partition coefficient (Wildman–Crippen LogP) is 2.56. The summed E-state index contributed by atoms with van der Waals surface area (Å²) < 4.78 is 0. The van der Waals surface area contributed by atoms with Gasteiger partial charge in [-0.2, -0.15) is 0 Å². The molecule has 0 aliphatic heterocycles. The van der Waals surface area contributed by atoms with E-state index in [4.69, 9.17) is 0 Å². The van der Waals surface area contributed by atoms with E-state index in [1.54, 1.807) is 0 Å². The summed E-state index contributed by atoms with van der Waals surface area (Å²) in [7, 11) is 0. The third-order valence-corrected chi connectivity index (χ3v) is 2.00. The van der Waals surface area contributed by atoms with E-state index in [0.717, 1.165) is 24.2 Å². The van der Waals surface area contributed by atoms with Crippen LogP contribution < -0.4 is 0 Å². The van der Waals surface area contributed by atoms with Crippen molar-refractivity contribution in [2.45, 2.75) is 39.5 Å². The molecule has 1 aromatic heterocycles. The lowest BCUT2D eigenvalue weighted by atomic mass is 10.1.